The smallest absolute Gasteiger partial charge is 0.147 e. The number of hydrogen-bond donors (Lipinski definition) is 0. The maximum absolute atomic E-state index is 13.5. The Morgan fingerprint density at radius 2 is 1.80 bits per heavy atom. The number of piperidine rings is 1. The van der Waals surface area contributed by atoms with Crippen molar-refractivity contribution in [3.05, 3.63) is 29.0 Å². The van der Waals surface area contributed by atoms with E-state index < -0.39 is 0 Å². The molecule has 0 radical (unpaired) electrons. The van der Waals surface area contributed by atoms with E-state index in [4.69, 9.17) is 11.6 Å². The second kappa shape index (κ2) is 5.57. The summed E-state index contributed by atoms with van der Waals surface area (Å²) in [4.78, 5) is 2.09. The zero-order chi connectivity index (χ0) is 9.97. The molecule has 0 atom stereocenters. The van der Waals surface area contributed by atoms with Gasteiger partial charge < -0.3 is 4.90 Å². The van der Waals surface area contributed by atoms with Gasteiger partial charge in [-0.2, -0.15) is 0 Å². The fraction of sp³-hybridized carbons (Fsp3) is 0.455. The van der Waals surface area contributed by atoms with Crippen molar-refractivity contribution in [3.8, 4) is 0 Å². The molecule has 0 N–H and O–H groups in total. The first-order valence-electron chi connectivity index (χ1n) is 4.97. The van der Waals surface area contributed by atoms with Gasteiger partial charge in [-0.25, -0.2) is 4.39 Å². The Kier molecular flexibility index (Phi) is 4.68. The highest BCUT2D eigenvalue weighted by Gasteiger charge is 2.14. The standard InChI is InChI=1S/C11H13ClFN.ClH/c12-9-4-5-11(10(13)8-9)14-6-2-1-3-7-14;/h4-5,8H,1-3,6-7H2;1H. The largest absolute Gasteiger partial charge is 0.369 e. The molecule has 1 aliphatic heterocycles. The molecule has 0 bridgehead atoms. The van der Waals surface area contributed by atoms with Gasteiger partial charge in [0.05, 0.1) is 5.69 Å². The van der Waals surface area contributed by atoms with Gasteiger partial charge in [0.1, 0.15) is 5.82 Å². The van der Waals surface area contributed by atoms with Crippen molar-refractivity contribution in [2.75, 3.05) is 18.0 Å². The lowest BCUT2D eigenvalue weighted by molar-refractivity contribution is 0.557. The van der Waals surface area contributed by atoms with Crippen molar-refractivity contribution < 1.29 is 4.39 Å². The molecule has 0 aliphatic carbocycles. The molecule has 84 valence electrons. The summed E-state index contributed by atoms with van der Waals surface area (Å²) in [6, 6.07) is 4.89. The van der Waals surface area contributed by atoms with Crippen molar-refractivity contribution in [3.63, 3.8) is 0 Å². The van der Waals surface area contributed by atoms with E-state index in [1.54, 1.807) is 12.1 Å². The van der Waals surface area contributed by atoms with Gasteiger partial charge in [-0.1, -0.05) is 11.6 Å². The third-order valence-corrected chi connectivity index (χ3v) is 2.84. The summed E-state index contributed by atoms with van der Waals surface area (Å²) in [6.45, 7) is 1.91. The van der Waals surface area contributed by atoms with E-state index in [0.717, 1.165) is 25.9 Å². The predicted octanol–water partition coefficient (Wildman–Crippen LogP) is 3.89. The van der Waals surface area contributed by atoms with Crippen LogP contribution in [-0.4, -0.2) is 13.1 Å². The fourth-order valence-corrected chi connectivity index (χ4v) is 2.03. The fourth-order valence-electron chi connectivity index (χ4n) is 1.87. The van der Waals surface area contributed by atoms with E-state index in [-0.39, 0.29) is 18.2 Å². The van der Waals surface area contributed by atoms with Crippen LogP contribution in [0.15, 0.2) is 18.2 Å². The van der Waals surface area contributed by atoms with Crippen molar-refractivity contribution in [1.82, 2.24) is 0 Å². The summed E-state index contributed by atoms with van der Waals surface area (Å²) in [7, 11) is 0. The van der Waals surface area contributed by atoms with Crippen LogP contribution in [-0.2, 0) is 0 Å². The molecule has 1 saturated heterocycles. The number of halogens is 3. The number of benzene rings is 1. The molecule has 2 rings (SSSR count). The molecule has 0 aromatic heterocycles. The van der Waals surface area contributed by atoms with Gasteiger partial charge in [-0.05, 0) is 37.5 Å². The van der Waals surface area contributed by atoms with Crippen LogP contribution in [0.3, 0.4) is 0 Å². The van der Waals surface area contributed by atoms with E-state index in [2.05, 4.69) is 4.90 Å². The van der Waals surface area contributed by atoms with Crippen LogP contribution in [0, 0.1) is 5.82 Å². The second-order valence-electron chi connectivity index (χ2n) is 3.64. The Morgan fingerprint density at radius 1 is 1.13 bits per heavy atom. The summed E-state index contributed by atoms with van der Waals surface area (Å²) < 4.78 is 13.5. The Morgan fingerprint density at radius 3 is 2.40 bits per heavy atom. The molecular weight excluding hydrogens is 236 g/mol. The quantitative estimate of drug-likeness (QED) is 0.730. The SMILES string of the molecule is Cl.Fc1cc(Cl)ccc1N1CCCCC1. The van der Waals surface area contributed by atoms with Crippen LogP contribution in [0.5, 0.6) is 0 Å². The summed E-state index contributed by atoms with van der Waals surface area (Å²) in [6.07, 6.45) is 3.57. The number of rotatable bonds is 1. The molecule has 1 aromatic rings. The van der Waals surface area contributed by atoms with Crippen LogP contribution in [0.1, 0.15) is 19.3 Å². The average Bonchev–Trinajstić information content (AvgIpc) is 2.19. The van der Waals surface area contributed by atoms with Crippen molar-refractivity contribution >= 4 is 29.7 Å². The highest BCUT2D eigenvalue weighted by atomic mass is 35.5. The highest BCUT2D eigenvalue weighted by Crippen LogP contribution is 2.25. The minimum atomic E-state index is -0.209. The molecule has 15 heavy (non-hydrogen) atoms. The van der Waals surface area contributed by atoms with Crippen molar-refractivity contribution in [1.29, 1.82) is 0 Å². The van der Waals surface area contributed by atoms with E-state index in [1.807, 2.05) is 0 Å². The van der Waals surface area contributed by atoms with Gasteiger partial charge in [0.2, 0.25) is 0 Å². The van der Waals surface area contributed by atoms with E-state index in [1.165, 1.54) is 12.5 Å². The van der Waals surface area contributed by atoms with E-state index in [9.17, 15) is 4.39 Å². The van der Waals surface area contributed by atoms with Crippen molar-refractivity contribution in [2.45, 2.75) is 19.3 Å². The molecule has 1 aromatic carbocycles. The number of hydrogen-bond acceptors (Lipinski definition) is 1. The molecule has 0 amide bonds. The van der Waals surface area contributed by atoms with Gasteiger partial charge in [0.25, 0.3) is 0 Å². The summed E-state index contributed by atoms with van der Waals surface area (Å²) in [5.74, 6) is -0.209. The second-order valence-corrected chi connectivity index (χ2v) is 4.08. The summed E-state index contributed by atoms with van der Waals surface area (Å²) >= 11 is 5.70. The van der Waals surface area contributed by atoms with Crippen LogP contribution >= 0.6 is 24.0 Å². The first kappa shape index (κ1) is 12.6. The zero-order valence-corrected chi connectivity index (χ0v) is 9.95. The zero-order valence-electron chi connectivity index (χ0n) is 8.38. The van der Waals surface area contributed by atoms with Crippen LogP contribution < -0.4 is 4.90 Å². The lowest BCUT2D eigenvalue weighted by Crippen LogP contribution is -2.30. The topological polar surface area (TPSA) is 3.24 Å². The normalized spacial score (nSPS) is 16.0. The van der Waals surface area contributed by atoms with Gasteiger partial charge in [0, 0.05) is 18.1 Å². The summed E-state index contributed by atoms with van der Waals surface area (Å²) in [5.41, 5.74) is 0.689. The predicted molar refractivity (Wildman–Crippen MR) is 64.7 cm³/mol. The third-order valence-electron chi connectivity index (χ3n) is 2.61. The Bertz CT molecular complexity index is 324. The van der Waals surface area contributed by atoms with Crippen molar-refractivity contribution in [2.24, 2.45) is 0 Å². The Labute approximate surface area is 101 Å². The molecule has 0 spiro atoms. The third kappa shape index (κ3) is 2.99. The molecule has 0 unspecified atom stereocenters. The van der Waals surface area contributed by atoms with Crippen LogP contribution in [0.25, 0.3) is 0 Å². The molecular formula is C11H14Cl2FN. The monoisotopic (exact) mass is 249 g/mol. The van der Waals surface area contributed by atoms with E-state index in [0.29, 0.717) is 10.7 Å². The number of anilines is 1. The van der Waals surface area contributed by atoms with Gasteiger partial charge in [-0.3, -0.25) is 0 Å². The van der Waals surface area contributed by atoms with Crippen LogP contribution in [0.4, 0.5) is 10.1 Å². The van der Waals surface area contributed by atoms with E-state index >= 15 is 0 Å². The van der Waals surface area contributed by atoms with Gasteiger partial charge in [0.15, 0.2) is 0 Å². The molecule has 4 heteroatoms. The minimum Gasteiger partial charge on any atom is -0.369 e. The van der Waals surface area contributed by atoms with Gasteiger partial charge in [-0.15, -0.1) is 12.4 Å². The van der Waals surface area contributed by atoms with Crippen LogP contribution in [0.2, 0.25) is 5.02 Å². The summed E-state index contributed by atoms with van der Waals surface area (Å²) in [5, 5.41) is 0.461. The molecule has 1 fully saturated rings. The average molecular weight is 250 g/mol. The Hall–Kier alpha value is -0.470. The molecule has 1 aliphatic rings. The first-order chi connectivity index (χ1) is 6.77. The first-order valence-corrected chi connectivity index (χ1v) is 5.35. The lowest BCUT2D eigenvalue weighted by atomic mass is 10.1. The number of nitrogens with zero attached hydrogens (tertiary/aromatic N) is 1. The molecule has 1 nitrogen and oxygen atoms in total. The maximum atomic E-state index is 13.5. The molecule has 1 heterocycles. The molecule has 0 saturated carbocycles. The minimum absolute atomic E-state index is 0. The Balaban J connectivity index is 0.00000112. The van der Waals surface area contributed by atoms with Gasteiger partial charge >= 0.3 is 0 Å². The highest BCUT2D eigenvalue weighted by molar-refractivity contribution is 6.30. The maximum Gasteiger partial charge on any atom is 0.147 e. The lowest BCUT2D eigenvalue weighted by Gasteiger charge is -2.29.